The summed E-state index contributed by atoms with van der Waals surface area (Å²) in [5, 5.41) is 2.03. The van der Waals surface area contributed by atoms with Gasteiger partial charge in [0.2, 0.25) is 5.91 Å². The summed E-state index contributed by atoms with van der Waals surface area (Å²) in [5.74, 6) is -1.98. The highest BCUT2D eigenvalue weighted by Crippen LogP contribution is 2.43. The van der Waals surface area contributed by atoms with E-state index in [1.54, 1.807) is 43.3 Å². The fourth-order valence-corrected chi connectivity index (χ4v) is 3.92. The molecule has 0 radical (unpaired) electrons. The lowest BCUT2D eigenvalue weighted by Crippen LogP contribution is -2.62. The maximum Gasteiger partial charge on any atom is 0.438 e. The number of Topliss-reactive ketones (excluding diaryl/α,β-unsaturated/α-hetero) is 1. The second-order valence-corrected chi connectivity index (χ2v) is 7.63. The van der Waals surface area contributed by atoms with Crippen LogP contribution < -0.4 is 5.32 Å². The van der Waals surface area contributed by atoms with E-state index in [4.69, 9.17) is 0 Å². The van der Waals surface area contributed by atoms with Crippen molar-refractivity contribution >= 4 is 22.7 Å². The topological polar surface area (TPSA) is 64.0 Å². The summed E-state index contributed by atoms with van der Waals surface area (Å²) in [6, 6.07) is 12.3. The van der Waals surface area contributed by atoms with Gasteiger partial charge in [-0.1, -0.05) is 30.3 Å². The molecule has 1 atom stereocenters. The summed E-state index contributed by atoms with van der Waals surface area (Å²) in [5.41, 5.74) is -0.114. The number of imidazole rings is 1. The molecule has 2 aromatic carbocycles. The number of rotatable bonds is 4. The van der Waals surface area contributed by atoms with Crippen molar-refractivity contribution in [2.45, 2.75) is 44.9 Å². The van der Waals surface area contributed by atoms with Gasteiger partial charge in [0.15, 0.2) is 5.78 Å². The predicted molar refractivity (Wildman–Crippen MR) is 105 cm³/mol. The average molecular weight is 415 g/mol. The van der Waals surface area contributed by atoms with Crippen molar-refractivity contribution in [1.82, 2.24) is 14.9 Å². The Kier molecular flexibility index (Phi) is 4.67. The van der Waals surface area contributed by atoms with Crippen LogP contribution >= 0.6 is 0 Å². The van der Waals surface area contributed by atoms with Gasteiger partial charge in [-0.05, 0) is 49.1 Å². The van der Waals surface area contributed by atoms with E-state index in [0.717, 1.165) is 21.3 Å². The van der Waals surface area contributed by atoms with E-state index in [2.05, 4.69) is 4.98 Å². The van der Waals surface area contributed by atoms with Crippen molar-refractivity contribution in [3.05, 3.63) is 65.0 Å². The Balaban J connectivity index is 1.75. The molecule has 8 heteroatoms. The van der Waals surface area contributed by atoms with Gasteiger partial charge in [0, 0.05) is 6.42 Å². The normalized spacial score (nSPS) is 18.6. The first kappa shape index (κ1) is 20.1. The van der Waals surface area contributed by atoms with E-state index >= 15 is 0 Å². The largest absolute Gasteiger partial charge is 0.438 e. The molecule has 1 amide bonds. The minimum atomic E-state index is -5.02. The molecule has 0 bridgehead atoms. The second kappa shape index (κ2) is 6.97. The summed E-state index contributed by atoms with van der Waals surface area (Å²) in [6.07, 6.45) is -5.42. The Morgan fingerprint density at radius 1 is 1.17 bits per heavy atom. The van der Waals surface area contributed by atoms with Crippen LogP contribution in [0.4, 0.5) is 13.2 Å². The third kappa shape index (κ3) is 3.07. The van der Waals surface area contributed by atoms with Crippen LogP contribution in [0.3, 0.4) is 0 Å². The lowest BCUT2D eigenvalue weighted by Gasteiger charge is -2.33. The zero-order valence-corrected chi connectivity index (χ0v) is 16.5. The van der Waals surface area contributed by atoms with Crippen LogP contribution in [0.15, 0.2) is 42.5 Å². The number of fused-ring (bicyclic) bond motifs is 3. The number of alkyl halides is 3. The molecule has 3 aromatic rings. The Labute approximate surface area is 170 Å². The molecule has 1 aliphatic rings. The molecule has 1 unspecified atom stereocenters. The third-order valence-electron chi connectivity index (χ3n) is 5.61. The Morgan fingerprint density at radius 3 is 2.50 bits per heavy atom. The Morgan fingerprint density at radius 2 is 1.83 bits per heavy atom. The van der Waals surface area contributed by atoms with Gasteiger partial charge in [-0.15, -0.1) is 0 Å². The van der Waals surface area contributed by atoms with E-state index in [-0.39, 0.29) is 24.2 Å². The van der Waals surface area contributed by atoms with Gasteiger partial charge in [-0.25, -0.2) is 4.98 Å². The summed E-state index contributed by atoms with van der Waals surface area (Å²) >= 11 is 0. The van der Waals surface area contributed by atoms with Crippen molar-refractivity contribution < 1.29 is 22.8 Å². The van der Waals surface area contributed by atoms with Crippen LogP contribution in [0.1, 0.15) is 28.9 Å². The number of amides is 1. The number of hydrogen-bond donors (Lipinski definition) is 1. The molecule has 0 spiro atoms. The van der Waals surface area contributed by atoms with E-state index in [9.17, 15) is 22.8 Å². The van der Waals surface area contributed by atoms with E-state index in [1.807, 2.05) is 18.3 Å². The predicted octanol–water partition coefficient (Wildman–Crippen LogP) is 3.74. The first-order valence-electron chi connectivity index (χ1n) is 9.57. The molecule has 5 nitrogen and oxygen atoms in total. The highest BCUT2D eigenvalue weighted by atomic mass is 19.4. The molecule has 0 aliphatic carbocycles. The number of nitrogens with zero attached hydrogens (tertiary/aromatic N) is 2. The molecule has 2 heterocycles. The number of aryl methyl sites for hydroxylation is 3. The molecular weight excluding hydrogens is 395 g/mol. The van der Waals surface area contributed by atoms with Gasteiger partial charge < -0.3 is 5.32 Å². The summed E-state index contributed by atoms with van der Waals surface area (Å²) in [4.78, 5) is 29.5. The zero-order chi connectivity index (χ0) is 21.7. The molecular formula is C22H20F3N3O2. The van der Waals surface area contributed by atoms with E-state index in [1.165, 1.54) is 0 Å². The highest BCUT2D eigenvalue weighted by Gasteiger charge is 2.66. The van der Waals surface area contributed by atoms with Crippen molar-refractivity contribution in [3.63, 3.8) is 0 Å². The minimum absolute atomic E-state index is 0.000634. The lowest BCUT2D eigenvalue weighted by atomic mass is 10.0. The number of nitrogens with one attached hydrogen (secondary N) is 1. The van der Waals surface area contributed by atoms with Gasteiger partial charge in [-0.2, -0.15) is 13.2 Å². The standard InChI is InChI=1S/C22H20F3N3O2/c1-13-10-16-17(11-14(13)2)28-19(26-16)12-18(29)21(28,22(23,24)25)27-20(30)9-8-15-6-4-3-5-7-15/h3-7,10-11H,8-9,12H2,1-2H3,(H,27,30). The number of benzene rings is 2. The monoisotopic (exact) mass is 415 g/mol. The fourth-order valence-electron chi connectivity index (χ4n) is 3.92. The van der Waals surface area contributed by atoms with Crippen LogP contribution in [0, 0.1) is 13.8 Å². The third-order valence-corrected chi connectivity index (χ3v) is 5.61. The van der Waals surface area contributed by atoms with Gasteiger partial charge in [-0.3, -0.25) is 14.2 Å². The van der Waals surface area contributed by atoms with Gasteiger partial charge in [0.05, 0.1) is 17.5 Å². The quantitative estimate of drug-likeness (QED) is 0.706. The number of ketones is 1. The fraction of sp³-hybridized carbons (Fsp3) is 0.318. The van der Waals surface area contributed by atoms with Crippen LogP contribution in [-0.4, -0.2) is 27.4 Å². The molecule has 30 heavy (non-hydrogen) atoms. The van der Waals surface area contributed by atoms with Crippen molar-refractivity contribution in [3.8, 4) is 0 Å². The minimum Gasteiger partial charge on any atom is -0.319 e. The number of aromatic nitrogens is 2. The van der Waals surface area contributed by atoms with Gasteiger partial charge >= 0.3 is 6.18 Å². The molecule has 0 fully saturated rings. The summed E-state index contributed by atoms with van der Waals surface area (Å²) in [6.45, 7) is 3.62. The first-order valence-corrected chi connectivity index (χ1v) is 9.57. The molecule has 4 rings (SSSR count). The Hall–Kier alpha value is -3.16. The van der Waals surface area contributed by atoms with Crippen LogP contribution in [0.5, 0.6) is 0 Å². The molecule has 0 saturated heterocycles. The molecule has 1 N–H and O–H groups in total. The van der Waals surface area contributed by atoms with Crippen LogP contribution in [0.2, 0.25) is 0 Å². The second-order valence-electron chi connectivity index (χ2n) is 7.63. The maximum absolute atomic E-state index is 14.4. The van der Waals surface area contributed by atoms with Gasteiger partial charge in [0.25, 0.3) is 5.66 Å². The number of hydrogen-bond acceptors (Lipinski definition) is 3. The molecule has 156 valence electrons. The smallest absolute Gasteiger partial charge is 0.319 e. The molecule has 1 aliphatic heterocycles. The lowest BCUT2D eigenvalue weighted by molar-refractivity contribution is -0.218. The SMILES string of the molecule is Cc1cc2nc3n(c2cc1C)C(NC(=O)CCc1ccccc1)(C(F)(F)F)C(=O)C3. The van der Waals surface area contributed by atoms with E-state index < -0.39 is 30.0 Å². The number of carbonyl (C=O) groups is 2. The number of carbonyl (C=O) groups excluding carboxylic acids is 2. The zero-order valence-electron chi connectivity index (χ0n) is 16.5. The molecule has 0 saturated carbocycles. The average Bonchev–Trinajstić information content (AvgIpc) is 3.15. The summed E-state index contributed by atoms with van der Waals surface area (Å²) < 4.78 is 44.0. The van der Waals surface area contributed by atoms with E-state index in [0.29, 0.717) is 5.52 Å². The maximum atomic E-state index is 14.4. The first-order chi connectivity index (χ1) is 14.1. The van der Waals surface area contributed by atoms with Crippen molar-refractivity contribution in [2.75, 3.05) is 0 Å². The summed E-state index contributed by atoms with van der Waals surface area (Å²) in [7, 11) is 0. The van der Waals surface area contributed by atoms with Crippen LogP contribution in [-0.2, 0) is 28.1 Å². The van der Waals surface area contributed by atoms with Crippen molar-refractivity contribution in [1.29, 1.82) is 0 Å². The van der Waals surface area contributed by atoms with Crippen LogP contribution in [0.25, 0.3) is 11.0 Å². The van der Waals surface area contributed by atoms with Crippen molar-refractivity contribution in [2.24, 2.45) is 0 Å². The molecule has 1 aromatic heterocycles. The Bertz CT molecular complexity index is 1150. The number of halogens is 3. The highest BCUT2D eigenvalue weighted by molar-refractivity contribution is 5.98. The van der Waals surface area contributed by atoms with Gasteiger partial charge in [0.1, 0.15) is 5.82 Å².